The molecule has 1 heteroatoms. The topological polar surface area (TPSA) is 9.23 Å². The average Bonchev–Trinajstić information content (AvgIpc) is 2.58. The van der Waals surface area contributed by atoms with Crippen molar-refractivity contribution in [1.29, 1.82) is 0 Å². The van der Waals surface area contributed by atoms with Crippen LogP contribution in [-0.4, -0.2) is 7.11 Å². The third-order valence-corrected chi connectivity index (χ3v) is 4.74. The Morgan fingerprint density at radius 3 is 1.82 bits per heavy atom. The van der Waals surface area contributed by atoms with Crippen LogP contribution >= 0.6 is 0 Å². The second kappa shape index (κ2) is 4.74. The van der Waals surface area contributed by atoms with Gasteiger partial charge in [-0.25, -0.2) is 0 Å². The molecule has 0 atom stereocenters. The van der Waals surface area contributed by atoms with Crippen molar-refractivity contribution in [3.63, 3.8) is 0 Å². The highest BCUT2D eigenvalue weighted by Gasteiger charge is 2.13. The van der Waals surface area contributed by atoms with Crippen LogP contribution in [0.1, 0.15) is 11.1 Å². The first-order valence-electron chi connectivity index (χ1n) is 7.59. The molecule has 0 aliphatic heterocycles. The molecule has 0 aromatic heterocycles. The van der Waals surface area contributed by atoms with E-state index in [1.807, 2.05) is 0 Å². The maximum Gasteiger partial charge on any atom is 0.127 e. The molecule has 0 bridgehead atoms. The minimum absolute atomic E-state index is 0.945. The lowest BCUT2D eigenvalue weighted by molar-refractivity contribution is 0.420. The third-order valence-electron chi connectivity index (χ3n) is 4.74. The summed E-state index contributed by atoms with van der Waals surface area (Å²) in [6.07, 6.45) is 0. The summed E-state index contributed by atoms with van der Waals surface area (Å²) in [6.45, 7) is 4.43. The molecule has 0 N–H and O–H groups in total. The van der Waals surface area contributed by atoms with Crippen molar-refractivity contribution in [3.05, 3.63) is 65.7 Å². The van der Waals surface area contributed by atoms with E-state index >= 15 is 0 Å². The van der Waals surface area contributed by atoms with Gasteiger partial charge in [-0.2, -0.15) is 0 Å². The van der Waals surface area contributed by atoms with Crippen LogP contribution in [0.2, 0.25) is 0 Å². The molecule has 0 radical (unpaired) electrons. The zero-order valence-corrected chi connectivity index (χ0v) is 13.1. The van der Waals surface area contributed by atoms with Gasteiger partial charge in [0, 0.05) is 5.39 Å². The summed E-state index contributed by atoms with van der Waals surface area (Å²) in [5.74, 6) is 0.945. The fourth-order valence-electron chi connectivity index (χ4n) is 3.63. The molecule has 108 valence electrons. The van der Waals surface area contributed by atoms with Gasteiger partial charge in [0.05, 0.1) is 7.11 Å². The van der Waals surface area contributed by atoms with Gasteiger partial charge in [0.25, 0.3) is 0 Å². The van der Waals surface area contributed by atoms with Crippen LogP contribution in [0.25, 0.3) is 32.3 Å². The van der Waals surface area contributed by atoms with Crippen molar-refractivity contribution in [2.24, 2.45) is 0 Å². The lowest BCUT2D eigenvalue weighted by atomic mass is 9.89. The fourth-order valence-corrected chi connectivity index (χ4v) is 3.63. The van der Waals surface area contributed by atoms with Gasteiger partial charge in [0.2, 0.25) is 0 Å². The monoisotopic (exact) mass is 286 g/mol. The predicted octanol–water partition coefficient (Wildman–Crippen LogP) is 5.77. The van der Waals surface area contributed by atoms with E-state index in [0.717, 1.165) is 5.75 Å². The standard InChI is InChI=1S/C21H18O/c1-13-15-8-4-5-9-16(15)14(2)21-18-11-7-6-10-17(18)20(22-3)12-19(13)21/h4-12H,1-3H3. The summed E-state index contributed by atoms with van der Waals surface area (Å²) < 4.78 is 5.64. The molecule has 4 aromatic carbocycles. The fraction of sp³-hybridized carbons (Fsp3) is 0.143. The normalized spacial score (nSPS) is 11.4. The number of benzene rings is 4. The Hall–Kier alpha value is -2.54. The summed E-state index contributed by atoms with van der Waals surface area (Å²) in [6, 6.07) is 19.3. The van der Waals surface area contributed by atoms with E-state index in [2.05, 4.69) is 68.4 Å². The van der Waals surface area contributed by atoms with Gasteiger partial charge in [-0.1, -0.05) is 48.5 Å². The molecular formula is C21H18O. The number of aryl methyl sites for hydroxylation is 2. The number of hydrogen-bond donors (Lipinski definition) is 0. The Balaban J connectivity index is 2.37. The second-order valence-electron chi connectivity index (χ2n) is 5.84. The summed E-state index contributed by atoms with van der Waals surface area (Å²) in [4.78, 5) is 0. The Kier molecular flexibility index (Phi) is 2.83. The van der Waals surface area contributed by atoms with Gasteiger partial charge >= 0.3 is 0 Å². The summed E-state index contributed by atoms with van der Waals surface area (Å²) in [5, 5.41) is 7.73. The molecule has 4 aromatic rings. The number of hydrogen-bond acceptors (Lipinski definition) is 1. The first-order valence-corrected chi connectivity index (χ1v) is 7.59. The van der Waals surface area contributed by atoms with E-state index < -0.39 is 0 Å². The van der Waals surface area contributed by atoms with Gasteiger partial charge in [-0.3, -0.25) is 0 Å². The second-order valence-corrected chi connectivity index (χ2v) is 5.84. The Labute approximate surface area is 130 Å². The van der Waals surface area contributed by atoms with Crippen LogP contribution in [0.15, 0.2) is 54.6 Å². The van der Waals surface area contributed by atoms with Crippen LogP contribution in [0, 0.1) is 13.8 Å². The van der Waals surface area contributed by atoms with Gasteiger partial charge in [0.1, 0.15) is 5.75 Å². The molecule has 0 aliphatic carbocycles. The molecule has 0 heterocycles. The number of fused-ring (bicyclic) bond motifs is 4. The van der Waals surface area contributed by atoms with E-state index in [1.165, 1.54) is 43.4 Å². The lowest BCUT2D eigenvalue weighted by Crippen LogP contribution is -1.92. The maximum absolute atomic E-state index is 5.64. The Bertz CT molecular complexity index is 1030. The lowest BCUT2D eigenvalue weighted by Gasteiger charge is -2.16. The molecule has 22 heavy (non-hydrogen) atoms. The highest BCUT2D eigenvalue weighted by molar-refractivity contribution is 6.18. The number of rotatable bonds is 1. The minimum atomic E-state index is 0.945. The summed E-state index contributed by atoms with van der Waals surface area (Å²) >= 11 is 0. The van der Waals surface area contributed by atoms with Crippen LogP contribution in [-0.2, 0) is 0 Å². The van der Waals surface area contributed by atoms with Crippen molar-refractivity contribution in [1.82, 2.24) is 0 Å². The molecule has 0 spiro atoms. The Morgan fingerprint density at radius 1 is 0.636 bits per heavy atom. The molecule has 1 nitrogen and oxygen atoms in total. The average molecular weight is 286 g/mol. The van der Waals surface area contributed by atoms with Gasteiger partial charge in [-0.15, -0.1) is 0 Å². The largest absolute Gasteiger partial charge is 0.496 e. The van der Waals surface area contributed by atoms with E-state index in [9.17, 15) is 0 Å². The first-order chi connectivity index (χ1) is 10.7. The van der Waals surface area contributed by atoms with E-state index in [1.54, 1.807) is 7.11 Å². The molecular weight excluding hydrogens is 268 g/mol. The zero-order valence-electron chi connectivity index (χ0n) is 13.1. The van der Waals surface area contributed by atoms with Crippen LogP contribution in [0.4, 0.5) is 0 Å². The zero-order chi connectivity index (χ0) is 15.3. The predicted molar refractivity (Wildman–Crippen MR) is 95.0 cm³/mol. The molecule has 0 aliphatic rings. The van der Waals surface area contributed by atoms with Gasteiger partial charge in [-0.05, 0) is 58.0 Å². The number of methoxy groups -OCH3 is 1. The third kappa shape index (κ3) is 1.66. The molecule has 0 amide bonds. The van der Waals surface area contributed by atoms with Crippen LogP contribution < -0.4 is 4.74 Å². The van der Waals surface area contributed by atoms with E-state index in [4.69, 9.17) is 4.74 Å². The smallest absolute Gasteiger partial charge is 0.127 e. The quantitative estimate of drug-likeness (QED) is 0.319. The summed E-state index contributed by atoms with van der Waals surface area (Å²) in [7, 11) is 1.75. The first kappa shape index (κ1) is 13.1. The van der Waals surface area contributed by atoms with Crippen molar-refractivity contribution in [3.8, 4) is 5.75 Å². The van der Waals surface area contributed by atoms with E-state index in [0.29, 0.717) is 0 Å². The molecule has 0 saturated heterocycles. The maximum atomic E-state index is 5.64. The molecule has 0 fully saturated rings. The molecule has 0 saturated carbocycles. The van der Waals surface area contributed by atoms with Crippen LogP contribution in [0.5, 0.6) is 5.75 Å². The highest BCUT2D eigenvalue weighted by atomic mass is 16.5. The van der Waals surface area contributed by atoms with Crippen molar-refractivity contribution in [2.45, 2.75) is 13.8 Å². The van der Waals surface area contributed by atoms with Crippen LogP contribution in [0.3, 0.4) is 0 Å². The molecule has 4 rings (SSSR count). The van der Waals surface area contributed by atoms with Crippen molar-refractivity contribution >= 4 is 32.3 Å². The van der Waals surface area contributed by atoms with E-state index in [-0.39, 0.29) is 0 Å². The van der Waals surface area contributed by atoms with Gasteiger partial charge in [0.15, 0.2) is 0 Å². The SMILES string of the molecule is COc1cc2c(C)c3ccccc3c(C)c2c2ccccc12. The van der Waals surface area contributed by atoms with Crippen molar-refractivity contribution < 1.29 is 4.74 Å². The molecule has 0 unspecified atom stereocenters. The minimum Gasteiger partial charge on any atom is -0.496 e. The highest BCUT2D eigenvalue weighted by Crippen LogP contribution is 2.40. The van der Waals surface area contributed by atoms with Gasteiger partial charge < -0.3 is 4.74 Å². The summed E-state index contributed by atoms with van der Waals surface area (Å²) in [5.41, 5.74) is 2.66. The van der Waals surface area contributed by atoms with Crippen molar-refractivity contribution in [2.75, 3.05) is 7.11 Å². The Morgan fingerprint density at radius 2 is 1.18 bits per heavy atom. The number of ether oxygens (including phenoxy) is 1.